The molecule has 0 bridgehead atoms. The van der Waals surface area contributed by atoms with E-state index >= 15 is 0 Å². The molecule has 7 nitrogen and oxygen atoms in total. The Hall–Kier alpha value is -1.58. The molecule has 4 atom stereocenters. The number of halogens is 2. The summed E-state index contributed by atoms with van der Waals surface area (Å²) >= 11 is 0. The molecule has 0 amide bonds. The third kappa shape index (κ3) is 2.44. The molecular formula is C10H12F2N2O5. The van der Waals surface area contributed by atoms with Gasteiger partial charge in [-0.05, 0) is 0 Å². The second-order valence-electron chi connectivity index (χ2n) is 4.17. The highest BCUT2D eigenvalue weighted by atomic mass is 19.3. The monoisotopic (exact) mass is 278 g/mol. The summed E-state index contributed by atoms with van der Waals surface area (Å²) < 4.78 is 31.7. The van der Waals surface area contributed by atoms with Crippen molar-refractivity contribution >= 4 is 0 Å². The van der Waals surface area contributed by atoms with Gasteiger partial charge >= 0.3 is 5.69 Å². The Kier molecular flexibility index (Phi) is 3.78. The van der Waals surface area contributed by atoms with Crippen LogP contribution in [0.4, 0.5) is 8.78 Å². The van der Waals surface area contributed by atoms with Gasteiger partial charge in [0, 0.05) is 12.3 Å². The maximum atomic E-state index is 12.9. The molecule has 0 aromatic carbocycles. The molecule has 0 saturated carbocycles. The first-order chi connectivity index (χ1) is 8.95. The zero-order chi connectivity index (χ0) is 14.2. The standard InChI is InChI=1S/C10H12F2N2O5/c11-8(12)6-7(17)4(3-15)19-9(6)14-2-1-5(16)13-10(14)18/h1-2,4,6-9,15,17H,3H2,(H,13,16,18)/t4-,6-,7-,9-/m1/s1. The van der Waals surface area contributed by atoms with Crippen LogP contribution in [-0.2, 0) is 4.74 Å². The van der Waals surface area contributed by atoms with E-state index in [0.29, 0.717) is 0 Å². The summed E-state index contributed by atoms with van der Waals surface area (Å²) in [4.78, 5) is 24.4. The number of nitrogens with one attached hydrogen (secondary N) is 1. The topological polar surface area (TPSA) is 105 Å². The van der Waals surface area contributed by atoms with E-state index in [9.17, 15) is 23.5 Å². The molecule has 9 heteroatoms. The van der Waals surface area contributed by atoms with E-state index in [0.717, 1.165) is 16.8 Å². The fourth-order valence-corrected chi connectivity index (χ4v) is 2.07. The molecule has 1 fully saturated rings. The smallest absolute Gasteiger partial charge is 0.330 e. The second-order valence-corrected chi connectivity index (χ2v) is 4.17. The molecular weight excluding hydrogens is 266 g/mol. The molecule has 0 spiro atoms. The third-order valence-electron chi connectivity index (χ3n) is 3.01. The quantitative estimate of drug-likeness (QED) is 0.635. The fraction of sp³-hybridized carbons (Fsp3) is 0.600. The Labute approximate surface area is 105 Å². The fourth-order valence-electron chi connectivity index (χ4n) is 2.07. The van der Waals surface area contributed by atoms with Crippen molar-refractivity contribution in [2.45, 2.75) is 24.9 Å². The van der Waals surface area contributed by atoms with Crippen molar-refractivity contribution in [1.82, 2.24) is 9.55 Å². The molecule has 3 N–H and O–H groups in total. The van der Waals surface area contributed by atoms with Gasteiger partial charge in [-0.2, -0.15) is 0 Å². The molecule has 1 saturated heterocycles. The predicted octanol–water partition coefficient (Wildman–Crippen LogP) is -1.33. The summed E-state index contributed by atoms with van der Waals surface area (Å²) in [5, 5.41) is 18.6. The number of rotatable bonds is 3. The largest absolute Gasteiger partial charge is 0.394 e. The van der Waals surface area contributed by atoms with Crippen LogP contribution in [0.15, 0.2) is 21.9 Å². The maximum Gasteiger partial charge on any atom is 0.330 e. The molecule has 2 heterocycles. The zero-order valence-electron chi connectivity index (χ0n) is 9.57. The molecule has 1 aliphatic rings. The predicted molar refractivity (Wildman–Crippen MR) is 57.8 cm³/mol. The van der Waals surface area contributed by atoms with Gasteiger partial charge in [0.25, 0.3) is 5.56 Å². The van der Waals surface area contributed by atoms with Gasteiger partial charge in [0.05, 0.1) is 18.6 Å². The SMILES string of the molecule is O=c1ccn([C@@H]2O[C@H](CO)[C@@H](O)[C@@H]2C(F)F)c(=O)[nH]1. The molecule has 19 heavy (non-hydrogen) atoms. The average molecular weight is 278 g/mol. The number of ether oxygens (including phenoxy) is 1. The Bertz CT molecular complexity index is 557. The van der Waals surface area contributed by atoms with Crippen molar-refractivity contribution in [2.24, 2.45) is 5.92 Å². The maximum absolute atomic E-state index is 12.9. The molecule has 1 aromatic rings. The van der Waals surface area contributed by atoms with Crippen LogP contribution in [-0.4, -0.2) is 45.0 Å². The Morgan fingerprint density at radius 3 is 2.68 bits per heavy atom. The van der Waals surface area contributed by atoms with Gasteiger partial charge in [0.1, 0.15) is 12.3 Å². The molecule has 0 aliphatic carbocycles. The lowest BCUT2D eigenvalue weighted by atomic mass is 10.0. The number of aromatic nitrogens is 2. The molecule has 0 unspecified atom stereocenters. The Morgan fingerprint density at radius 2 is 2.16 bits per heavy atom. The summed E-state index contributed by atoms with van der Waals surface area (Å²) in [6.45, 7) is -0.654. The summed E-state index contributed by atoms with van der Waals surface area (Å²) in [5.74, 6) is -1.67. The summed E-state index contributed by atoms with van der Waals surface area (Å²) in [5.41, 5.74) is -1.60. The molecule has 2 rings (SSSR count). The van der Waals surface area contributed by atoms with Gasteiger partial charge in [0.15, 0.2) is 0 Å². The van der Waals surface area contributed by atoms with Gasteiger partial charge in [-0.3, -0.25) is 14.3 Å². The highest BCUT2D eigenvalue weighted by Gasteiger charge is 2.49. The normalized spacial score (nSPS) is 31.0. The first-order valence-electron chi connectivity index (χ1n) is 5.49. The lowest BCUT2D eigenvalue weighted by Crippen LogP contribution is -2.37. The molecule has 1 aliphatic heterocycles. The van der Waals surface area contributed by atoms with Crippen LogP contribution in [0.2, 0.25) is 0 Å². The van der Waals surface area contributed by atoms with E-state index in [2.05, 4.69) is 0 Å². The molecule has 106 valence electrons. The summed E-state index contributed by atoms with van der Waals surface area (Å²) in [7, 11) is 0. The van der Waals surface area contributed by atoms with Gasteiger partial charge < -0.3 is 14.9 Å². The second kappa shape index (κ2) is 5.19. The van der Waals surface area contributed by atoms with Crippen LogP contribution in [0.3, 0.4) is 0 Å². The van der Waals surface area contributed by atoms with Crippen LogP contribution in [0.5, 0.6) is 0 Å². The first-order valence-corrected chi connectivity index (χ1v) is 5.49. The number of H-pyrrole nitrogens is 1. The van der Waals surface area contributed by atoms with Crippen LogP contribution in [0.25, 0.3) is 0 Å². The third-order valence-corrected chi connectivity index (χ3v) is 3.01. The lowest BCUT2D eigenvalue weighted by molar-refractivity contribution is -0.0594. The number of alkyl halides is 2. The number of nitrogens with zero attached hydrogens (tertiary/aromatic N) is 1. The summed E-state index contributed by atoms with van der Waals surface area (Å²) in [6, 6.07) is 0.978. The van der Waals surface area contributed by atoms with Crippen LogP contribution >= 0.6 is 0 Å². The number of aliphatic hydroxyl groups excluding tert-OH is 2. The zero-order valence-corrected chi connectivity index (χ0v) is 9.57. The van der Waals surface area contributed by atoms with Gasteiger partial charge in [-0.25, -0.2) is 13.6 Å². The van der Waals surface area contributed by atoms with Crippen molar-refractivity contribution in [3.8, 4) is 0 Å². The Balaban J connectivity index is 2.42. The number of aliphatic hydroxyl groups is 2. The van der Waals surface area contributed by atoms with Crippen molar-refractivity contribution in [3.05, 3.63) is 33.1 Å². The minimum Gasteiger partial charge on any atom is -0.394 e. The number of hydrogen-bond acceptors (Lipinski definition) is 5. The van der Waals surface area contributed by atoms with Crippen LogP contribution in [0.1, 0.15) is 6.23 Å². The van der Waals surface area contributed by atoms with E-state index in [-0.39, 0.29) is 0 Å². The van der Waals surface area contributed by atoms with E-state index in [1.807, 2.05) is 4.98 Å². The van der Waals surface area contributed by atoms with Crippen molar-refractivity contribution in [3.63, 3.8) is 0 Å². The number of hydrogen-bond donors (Lipinski definition) is 3. The molecule has 0 radical (unpaired) electrons. The van der Waals surface area contributed by atoms with Crippen LogP contribution in [0, 0.1) is 5.92 Å². The highest BCUT2D eigenvalue weighted by Crippen LogP contribution is 2.37. The van der Waals surface area contributed by atoms with Crippen molar-refractivity contribution in [1.29, 1.82) is 0 Å². The first kappa shape index (κ1) is 13.8. The average Bonchev–Trinajstić information content (AvgIpc) is 2.66. The van der Waals surface area contributed by atoms with Gasteiger partial charge in [-0.15, -0.1) is 0 Å². The van der Waals surface area contributed by atoms with Crippen molar-refractivity contribution in [2.75, 3.05) is 6.61 Å². The van der Waals surface area contributed by atoms with E-state index in [1.165, 1.54) is 0 Å². The van der Waals surface area contributed by atoms with E-state index in [4.69, 9.17) is 9.84 Å². The molecule has 1 aromatic heterocycles. The highest BCUT2D eigenvalue weighted by molar-refractivity contribution is 4.93. The number of aromatic amines is 1. The summed E-state index contributed by atoms with van der Waals surface area (Å²) in [6.07, 6.45) is -6.20. The lowest BCUT2D eigenvalue weighted by Gasteiger charge is -2.20. The van der Waals surface area contributed by atoms with Gasteiger partial charge in [0.2, 0.25) is 6.43 Å². The van der Waals surface area contributed by atoms with Crippen molar-refractivity contribution < 1.29 is 23.7 Å². The minimum atomic E-state index is -2.95. The van der Waals surface area contributed by atoms with Crippen LogP contribution < -0.4 is 11.2 Å². The minimum absolute atomic E-state index is 0.654. The Morgan fingerprint density at radius 1 is 1.47 bits per heavy atom. The van der Waals surface area contributed by atoms with Gasteiger partial charge in [-0.1, -0.05) is 0 Å². The van der Waals surface area contributed by atoms with E-state index < -0.39 is 48.6 Å². The van der Waals surface area contributed by atoms with E-state index in [1.54, 1.807) is 0 Å².